The van der Waals surface area contributed by atoms with Crippen molar-refractivity contribution in [2.75, 3.05) is 0 Å². The molecule has 0 saturated carbocycles. The van der Waals surface area contributed by atoms with Crippen LogP contribution in [0.15, 0.2) is 49.8 Å². The Balaban J connectivity index is 2.25. The molecular weight excluding hydrogens is 438 g/mol. The average Bonchev–Trinajstić information content (AvgIpc) is 2.33. The third-order valence-corrected chi connectivity index (χ3v) is 4.60. The fraction of sp³-hybridized carbons (Fsp3) is 0.143. The van der Waals surface area contributed by atoms with Gasteiger partial charge in [-0.3, -0.25) is 0 Å². The first kappa shape index (κ1) is 15.0. The highest BCUT2D eigenvalue weighted by Crippen LogP contribution is 2.30. The Kier molecular flexibility index (Phi) is 5.06. The Morgan fingerprint density at radius 1 is 1.00 bits per heavy atom. The first-order chi connectivity index (χ1) is 8.97. The van der Waals surface area contributed by atoms with Crippen LogP contribution in [-0.4, -0.2) is 5.11 Å². The highest BCUT2D eigenvalue weighted by molar-refractivity contribution is 9.11. The molecule has 0 amide bonds. The van der Waals surface area contributed by atoms with Gasteiger partial charge in [-0.2, -0.15) is 0 Å². The minimum absolute atomic E-state index is 0.216. The molecule has 0 bridgehead atoms. The summed E-state index contributed by atoms with van der Waals surface area (Å²) in [6.07, 6.45) is 0.648. The van der Waals surface area contributed by atoms with E-state index in [4.69, 9.17) is 5.73 Å². The van der Waals surface area contributed by atoms with Crippen LogP contribution in [0.1, 0.15) is 17.2 Å². The molecule has 0 saturated heterocycles. The number of hydrogen-bond donors (Lipinski definition) is 2. The van der Waals surface area contributed by atoms with Crippen molar-refractivity contribution in [3.05, 3.63) is 60.9 Å². The molecule has 1 atom stereocenters. The molecule has 0 spiro atoms. The van der Waals surface area contributed by atoms with Gasteiger partial charge in [0, 0.05) is 25.0 Å². The predicted molar refractivity (Wildman–Crippen MR) is 88.3 cm³/mol. The molecule has 0 aliphatic rings. The van der Waals surface area contributed by atoms with Gasteiger partial charge in [0.2, 0.25) is 0 Å². The summed E-state index contributed by atoms with van der Waals surface area (Å²) in [7, 11) is 0. The van der Waals surface area contributed by atoms with Gasteiger partial charge in [-0.25, -0.2) is 0 Å². The van der Waals surface area contributed by atoms with Gasteiger partial charge in [0.05, 0.1) is 0 Å². The maximum Gasteiger partial charge on any atom is 0.121 e. The first-order valence-corrected chi connectivity index (χ1v) is 8.03. The normalized spacial score (nSPS) is 12.4. The summed E-state index contributed by atoms with van der Waals surface area (Å²) < 4.78 is 2.87. The molecule has 19 heavy (non-hydrogen) atoms. The molecular formula is C14H12Br3NO. The first-order valence-electron chi connectivity index (χ1n) is 5.65. The zero-order valence-electron chi connectivity index (χ0n) is 9.91. The van der Waals surface area contributed by atoms with Crippen LogP contribution in [0.5, 0.6) is 5.75 Å². The molecule has 0 aliphatic heterocycles. The van der Waals surface area contributed by atoms with Crippen LogP contribution in [-0.2, 0) is 6.42 Å². The van der Waals surface area contributed by atoms with Gasteiger partial charge in [0.15, 0.2) is 0 Å². The molecule has 0 fully saturated rings. The molecule has 5 heteroatoms. The van der Waals surface area contributed by atoms with Crippen molar-refractivity contribution in [1.82, 2.24) is 0 Å². The van der Waals surface area contributed by atoms with Gasteiger partial charge in [-0.15, -0.1) is 0 Å². The Morgan fingerprint density at radius 2 is 1.63 bits per heavy atom. The highest BCUT2D eigenvalue weighted by atomic mass is 79.9. The SMILES string of the molecule is N[C@H](Cc1cc(Br)ccc1Br)c1ccc(Br)cc1O. The van der Waals surface area contributed by atoms with Crippen molar-refractivity contribution >= 4 is 47.8 Å². The highest BCUT2D eigenvalue weighted by Gasteiger charge is 2.13. The summed E-state index contributed by atoms with van der Waals surface area (Å²) >= 11 is 10.3. The van der Waals surface area contributed by atoms with E-state index in [0.29, 0.717) is 6.42 Å². The minimum Gasteiger partial charge on any atom is -0.508 e. The van der Waals surface area contributed by atoms with Gasteiger partial charge >= 0.3 is 0 Å². The molecule has 3 N–H and O–H groups in total. The van der Waals surface area contributed by atoms with Crippen LogP contribution >= 0.6 is 47.8 Å². The maximum atomic E-state index is 9.93. The maximum absolute atomic E-state index is 9.93. The average molecular weight is 450 g/mol. The number of halogens is 3. The molecule has 0 aliphatic carbocycles. The lowest BCUT2D eigenvalue weighted by Gasteiger charge is -2.15. The van der Waals surface area contributed by atoms with E-state index in [1.807, 2.05) is 30.3 Å². The second-order valence-electron chi connectivity index (χ2n) is 4.25. The minimum atomic E-state index is -0.251. The largest absolute Gasteiger partial charge is 0.508 e. The van der Waals surface area contributed by atoms with Crippen LogP contribution in [0.2, 0.25) is 0 Å². The molecule has 2 aromatic carbocycles. The van der Waals surface area contributed by atoms with Gasteiger partial charge in [0.1, 0.15) is 5.75 Å². The summed E-state index contributed by atoms with van der Waals surface area (Å²) in [5.74, 6) is 0.216. The van der Waals surface area contributed by atoms with Crippen molar-refractivity contribution in [2.45, 2.75) is 12.5 Å². The van der Waals surface area contributed by atoms with Gasteiger partial charge in [-0.1, -0.05) is 53.9 Å². The summed E-state index contributed by atoms with van der Waals surface area (Å²) in [5, 5.41) is 9.93. The topological polar surface area (TPSA) is 46.2 Å². The number of benzene rings is 2. The van der Waals surface area contributed by atoms with Crippen molar-refractivity contribution < 1.29 is 5.11 Å². The second kappa shape index (κ2) is 6.39. The fourth-order valence-electron chi connectivity index (χ4n) is 1.88. The van der Waals surface area contributed by atoms with Crippen LogP contribution < -0.4 is 5.73 Å². The van der Waals surface area contributed by atoms with Crippen LogP contribution in [0.25, 0.3) is 0 Å². The molecule has 0 aromatic heterocycles. The lowest BCUT2D eigenvalue weighted by Crippen LogP contribution is -2.13. The summed E-state index contributed by atoms with van der Waals surface area (Å²) in [6.45, 7) is 0. The van der Waals surface area contributed by atoms with E-state index in [0.717, 1.165) is 24.5 Å². The quantitative estimate of drug-likeness (QED) is 0.698. The monoisotopic (exact) mass is 447 g/mol. The fourth-order valence-corrected chi connectivity index (χ4v) is 3.04. The molecule has 2 rings (SSSR count). The number of hydrogen-bond acceptors (Lipinski definition) is 2. The smallest absolute Gasteiger partial charge is 0.121 e. The van der Waals surface area contributed by atoms with E-state index in [1.165, 1.54) is 0 Å². The van der Waals surface area contributed by atoms with Crippen molar-refractivity contribution in [2.24, 2.45) is 5.73 Å². The number of rotatable bonds is 3. The van der Waals surface area contributed by atoms with E-state index in [9.17, 15) is 5.11 Å². The molecule has 0 radical (unpaired) electrons. The molecule has 2 aromatic rings. The summed E-state index contributed by atoms with van der Waals surface area (Å²) in [6, 6.07) is 11.1. The predicted octanol–water partition coefficient (Wildman–Crippen LogP) is 4.92. The van der Waals surface area contributed by atoms with E-state index in [2.05, 4.69) is 47.8 Å². The molecule has 0 heterocycles. The number of aromatic hydroxyl groups is 1. The number of nitrogens with two attached hydrogens (primary N) is 1. The summed E-state index contributed by atoms with van der Waals surface area (Å²) in [4.78, 5) is 0. The van der Waals surface area contributed by atoms with Gasteiger partial charge in [-0.05, 0) is 42.3 Å². The zero-order chi connectivity index (χ0) is 14.0. The van der Waals surface area contributed by atoms with Gasteiger partial charge in [0.25, 0.3) is 0 Å². The van der Waals surface area contributed by atoms with Crippen LogP contribution in [0, 0.1) is 0 Å². The van der Waals surface area contributed by atoms with E-state index >= 15 is 0 Å². The van der Waals surface area contributed by atoms with E-state index in [-0.39, 0.29) is 11.8 Å². The Hall–Kier alpha value is -0.360. The Morgan fingerprint density at radius 3 is 2.32 bits per heavy atom. The molecule has 2 nitrogen and oxygen atoms in total. The third-order valence-electron chi connectivity index (χ3n) is 2.84. The lowest BCUT2D eigenvalue weighted by molar-refractivity contribution is 0.460. The summed E-state index contributed by atoms with van der Waals surface area (Å²) in [5.41, 5.74) is 8.03. The number of phenols is 1. The van der Waals surface area contributed by atoms with Crippen LogP contribution in [0.3, 0.4) is 0 Å². The Labute approximate surface area is 137 Å². The standard InChI is InChI=1S/C14H12Br3NO/c15-9-2-4-12(17)8(5-9)6-13(18)11-3-1-10(16)7-14(11)19/h1-5,7,13,19H,6,18H2/t13-/m1/s1. The van der Waals surface area contributed by atoms with Gasteiger partial charge < -0.3 is 10.8 Å². The zero-order valence-corrected chi connectivity index (χ0v) is 14.7. The Bertz CT molecular complexity index is 601. The number of phenolic OH excluding ortho intramolecular Hbond substituents is 1. The van der Waals surface area contributed by atoms with E-state index in [1.54, 1.807) is 6.07 Å². The van der Waals surface area contributed by atoms with Crippen molar-refractivity contribution in [1.29, 1.82) is 0 Å². The van der Waals surface area contributed by atoms with Crippen molar-refractivity contribution in [3.8, 4) is 5.75 Å². The molecule has 0 unspecified atom stereocenters. The van der Waals surface area contributed by atoms with Crippen LogP contribution in [0.4, 0.5) is 0 Å². The van der Waals surface area contributed by atoms with E-state index < -0.39 is 0 Å². The lowest BCUT2D eigenvalue weighted by atomic mass is 9.99. The molecule has 100 valence electrons. The van der Waals surface area contributed by atoms with Crippen molar-refractivity contribution in [3.63, 3.8) is 0 Å². The third kappa shape index (κ3) is 3.81. The second-order valence-corrected chi connectivity index (χ2v) is 6.94.